The Hall–Kier alpha value is -1.06. The van der Waals surface area contributed by atoms with Gasteiger partial charge in [-0.25, -0.2) is 0 Å². The van der Waals surface area contributed by atoms with Gasteiger partial charge >= 0.3 is 0 Å². The molecule has 0 radical (unpaired) electrons. The van der Waals surface area contributed by atoms with E-state index in [0.29, 0.717) is 13.2 Å². The van der Waals surface area contributed by atoms with E-state index < -0.39 is 6.10 Å². The van der Waals surface area contributed by atoms with E-state index in [1.54, 1.807) is 14.0 Å². The molecule has 1 atom stereocenters. The number of aryl methyl sites for hydroxylation is 1. The van der Waals surface area contributed by atoms with Crippen LogP contribution in [0.3, 0.4) is 0 Å². The summed E-state index contributed by atoms with van der Waals surface area (Å²) in [7, 11) is 1.63. The van der Waals surface area contributed by atoms with Crippen LogP contribution in [0.1, 0.15) is 24.2 Å². The van der Waals surface area contributed by atoms with Crippen LogP contribution < -0.4 is 4.74 Å². The fourth-order valence-electron chi connectivity index (χ4n) is 1.36. The predicted octanol–water partition coefficient (Wildman–Crippen LogP) is 2.07. The zero-order chi connectivity index (χ0) is 11.3. The van der Waals surface area contributed by atoms with Gasteiger partial charge in [-0.15, -0.1) is 0 Å². The summed E-state index contributed by atoms with van der Waals surface area (Å²) in [6.45, 7) is 4.77. The third-order valence-electron chi connectivity index (χ3n) is 2.16. The van der Waals surface area contributed by atoms with Gasteiger partial charge in [0.05, 0.1) is 12.7 Å². The number of methoxy groups -OCH3 is 1. The van der Waals surface area contributed by atoms with Crippen molar-refractivity contribution < 1.29 is 14.6 Å². The Labute approximate surface area is 90.6 Å². The first-order chi connectivity index (χ1) is 7.15. The first-order valence-electron chi connectivity index (χ1n) is 5.05. The van der Waals surface area contributed by atoms with E-state index in [-0.39, 0.29) is 0 Å². The lowest BCUT2D eigenvalue weighted by molar-refractivity contribution is 0.141. The molecule has 0 unspecified atom stereocenters. The normalized spacial score (nSPS) is 12.5. The van der Waals surface area contributed by atoms with Crippen molar-refractivity contribution in [2.24, 2.45) is 0 Å². The Balaban J connectivity index is 2.77. The summed E-state index contributed by atoms with van der Waals surface area (Å²) in [6.07, 6.45) is -0.512. The van der Waals surface area contributed by atoms with Crippen LogP contribution in [0.2, 0.25) is 0 Å². The molecule has 0 heterocycles. The van der Waals surface area contributed by atoms with Gasteiger partial charge in [-0.05, 0) is 26.0 Å². The third-order valence-corrected chi connectivity index (χ3v) is 2.16. The molecule has 1 aromatic carbocycles. The number of aliphatic hydroxyl groups excluding tert-OH is 1. The van der Waals surface area contributed by atoms with Crippen molar-refractivity contribution in [3.05, 3.63) is 29.3 Å². The molecule has 0 aromatic heterocycles. The summed E-state index contributed by atoms with van der Waals surface area (Å²) < 4.78 is 10.4. The van der Waals surface area contributed by atoms with E-state index in [2.05, 4.69) is 0 Å². The highest BCUT2D eigenvalue weighted by atomic mass is 16.5. The third kappa shape index (κ3) is 3.53. The number of ether oxygens (including phenoxy) is 2. The fraction of sp³-hybridized carbons (Fsp3) is 0.500. The van der Waals surface area contributed by atoms with E-state index in [0.717, 1.165) is 16.9 Å². The maximum atomic E-state index is 9.57. The monoisotopic (exact) mass is 210 g/mol. The second kappa shape index (κ2) is 5.73. The van der Waals surface area contributed by atoms with Crippen LogP contribution in [0.5, 0.6) is 5.75 Å². The van der Waals surface area contributed by atoms with E-state index in [1.165, 1.54) is 0 Å². The summed E-state index contributed by atoms with van der Waals surface area (Å²) in [4.78, 5) is 0. The summed E-state index contributed by atoms with van der Waals surface area (Å²) in [6, 6.07) is 5.79. The highest BCUT2D eigenvalue weighted by Gasteiger charge is 2.08. The van der Waals surface area contributed by atoms with Gasteiger partial charge in [0.2, 0.25) is 0 Å². The second-order valence-corrected chi connectivity index (χ2v) is 3.56. The minimum Gasteiger partial charge on any atom is -0.491 e. The lowest BCUT2D eigenvalue weighted by atomic mass is 10.1. The van der Waals surface area contributed by atoms with Crippen molar-refractivity contribution in [1.82, 2.24) is 0 Å². The van der Waals surface area contributed by atoms with Crippen LogP contribution in [-0.4, -0.2) is 25.4 Å². The molecule has 0 aliphatic carbocycles. The number of hydrogen-bond donors (Lipinski definition) is 1. The molecule has 1 rings (SSSR count). The lowest BCUT2D eigenvalue weighted by Gasteiger charge is -2.13. The molecule has 0 bridgehead atoms. The van der Waals surface area contributed by atoms with Crippen LogP contribution >= 0.6 is 0 Å². The number of benzene rings is 1. The quantitative estimate of drug-likeness (QED) is 0.756. The molecule has 1 aromatic rings. The lowest BCUT2D eigenvalue weighted by Crippen LogP contribution is -2.07. The van der Waals surface area contributed by atoms with Crippen LogP contribution in [0.4, 0.5) is 0 Å². The predicted molar refractivity (Wildman–Crippen MR) is 59.2 cm³/mol. The van der Waals surface area contributed by atoms with Crippen molar-refractivity contribution in [3.63, 3.8) is 0 Å². The number of rotatable bonds is 5. The average Bonchev–Trinajstić information content (AvgIpc) is 2.20. The standard InChI is InChI=1S/C12H18O3/c1-9-4-5-12(15-7-6-14-3)11(8-9)10(2)13/h4-5,8,10,13H,6-7H2,1-3H3/t10-/m0/s1. The Morgan fingerprint density at radius 2 is 2.07 bits per heavy atom. The number of hydrogen-bond acceptors (Lipinski definition) is 3. The summed E-state index contributed by atoms with van der Waals surface area (Å²) in [5.41, 5.74) is 1.94. The second-order valence-electron chi connectivity index (χ2n) is 3.56. The Morgan fingerprint density at radius 1 is 1.33 bits per heavy atom. The van der Waals surface area contributed by atoms with Gasteiger partial charge in [-0.1, -0.05) is 11.6 Å². The van der Waals surface area contributed by atoms with Crippen molar-refractivity contribution >= 4 is 0 Å². The average molecular weight is 210 g/mol. The summed E-state index contributed by atoms with van der Waals surface area (Å²) in [5, 5.41) is 9.57. The van der Waals surface area contributed by atoms with Crippen LogP contribution in [0.15, 0.2) is 18.2 Å². The van der Waals surface area contributed by atoms with E-state index in [1.807, 2.05) is 25.1 Å². The molecule has 0 amide bonds. The molecule has 3 nitrogen and oxygen atoms in total. The molecule has 0 spiro atoms. The van der Waals surface area contributed by atoms with E-state index in [4.69, 9.17) is 9.47 Å². The van der Waals surface area contributed by atoms with Gasteiger partial charge in [0, 0.05) is 12.7 Å². The van der Waals surface area contributed by atoms with Crippen molar-refractivity contribution in [3.8, 4) is 5.75 Å². The Kier molecular flexibility index (Phi) is 4.59. The van der Waals surface area contributed by atoms with Gasteiger partial charge in [0.15, 0.2) is 0 Å². The molecule has 0 saturated heterocycles. The first kappa shape index (κ1) is 12.0. The molecule has 15 heavy (non-hydrogen) atoms. The first-order valence-corrected chi connectivity index (χ1v) is 5.05. The fourth-order valence-corrected chi connectivity index (χ4v) is 1.36. The zero-order valence-electron chi connectivity index (χ0n) is 9.49. The van der Waals surface area contributed by atoms with E-state index in [9.17, 15) is 5.11 Å². The molecule has 0 saturated carbocycles. The van der Waals surface area contributed by atoms with Gasteiger partial charge in [-0.2, -0.15) is 0 Å². The Bertz CT molecular complexity index is 308. The minimum atomic E-state index is -0.512. The maximum absolute atomic E-state index is 9.57. The summed E-state index contributed by atoms with van der Waals surface area (Å²) in [5.74, 6) is 0.729. The van der Waals surface area contributed by atoms with Gasteiger partial charge < -0.3 is 14.6 Å². The molecule has 0 fully saturated rings. The SMILES string of the molecule is COCCOc1ccc(C)cc1[C@H](C)O. The van der Waals surface area contributed by atoms with Crippen LogP contribution in [0, 0.1) is 6.92 Å². The molecule has 84 valence electrons. The van der Waals surface area contributed by atoms with E-state index >= 15 is 0 Å². The van der Waals surface area contributed by atoms with Gasteiger partial charge in [-0.3, -0.25) is 0 Å². The molecule has 3 heteroatoms. The maximum Gasteiger partial charge on any atom is 0.125 e. The largest absolute Gasteiger partial charge is 0.491 e. The molecular formula is C12H18O3. The highest BCUT2D eigenvalue weighted by Crippen LogP contribution is 2.26. The van der Waals surface area contributed by atoms with Crippen LogP contribution in [-0.2, 0) is 4.74 Å². The molecular weight excluding hydrogens is 192 g/mol. The van der Waals surface area contributed by atoms with Crippen molar-refractivity contribution in [2.45, 2.75) is 20.0 Å². The van der Waals surface area contributed by atoms with Crippen molar-refractivity contribution in [1.29, 1.82) is 0 Å². The van der Waals surface area contributed by atoms with Gasteiger partial charge in [0.1, 0.15) is 12.4 Å². The minimum absolute atomic E-state index is 0.499. The zero-order valence-corrected chi connectivity index (χ0v) is 9.49. The van der Waals surface area contributed by atoms with Crippen LogP contribution in [0.25, 0.3) is 0 Å². The molecule has 0 aliphatic heterocycles. The number of aliphatic hydroxyl groups is 1. The summed E-state index contributed by atoms with van der Waals surface area (Å²) >= 11 is 0. The van der Waals surface area contributed by atoms with Crippen molar-refractivity contribution in [2.75, 3.05) is 20.3 Å². The smallest absolute Gasteiger partial charge is 0.125 e. The Morgan fingerprint density at radius 3 is 2.67 bits per heavy atom. The topological polar surface area (TPSA) is 38.7 Å². The highest BCUT2D eigenvalue weighted by molar-refractivity contribution is 5.38. The molecule has 1 N–H and O–H groups in total. The molecule has 0 aliphatic rings. The van der Waals surface area contributed by atoms with Gasteiger partial charge in [0.25, 0.3) is 0 Å².